The number of benzene rings is 1. The Labute approximate surface area is 78.7 Å². The smallest absolute Gasteiger partial charge is 0.0392 e. The molecular weight excluding hydrogens is 160 g/mol. The topological polar surface area (TPSA) is 29.3 Å². The largest absolute Gasteiger partial charge is 0.398 e. The third-order valence-electron chi connectivity index (χ3n) is 2.45. The van der Waals surface area contributed by atoms with Gasteiger partial charge in [0.25, 0.3) is 0 Å². The van der Waals surface area contributed by atoms with E-state index in [0.717, 1.165) is 24.3 Å². The number of aryl methyl sites for hydroxylation is 1. The molecule has 2 rings (SSSR count). The highest BCUT2D eigenvalue weighted by Gasteiger charge is 2.07. The molecule has 0 aliphatic carbocycles. The van der Waals surface area contributed by atoms with E-state index < -0.39 is 0 Å². The quantitative estimate of drug-likeness (QED) is 0.521. The lowest BCUT2D eigenvalue weighted by atomic mass is 10.2. The van der Waals surface area contributed by atoms with E-state index in [1.165, 1.54) is 5.69 Å². The van der Waals surface area contributed by atoms with Crippen LogP contribution in [-0.4, -0.2) is 13.1 Å². The summed E-state index contributed by atoms with van der Waals surface area (Å²) in [7, 11) is 0. The van der Waals surface area contributed by atoms with E-state index in [1.54, 1.807) is 0 Å². The van der Waals surface area contributed by atoms with Crippen LogP contribution < -0.4 is 10.6 Å². The zero-order valence-electron chi connectivity index (χ0n) is 7.83. The van der Waals surface area contributed by atoms with Crippen LogP contribution in [0.4, 0.5) is 11.4 Å². The highest BCUT2D eigenvalue weighted by molar-refractivity contribution is 5.60. The molecule has 0 fully saturated rings. The zero-order chi connectivity index (χ0) is 9.26. The Hall–Kier alpha value is -1.44. The van der Waals surface area contributed by atoms with E-state index in [9.17, 15) is 0 Å². The molecule has 0 saturated carbocycles. The first-order valence-corrected chi connectivity index (χ1v) is 4.53. The van der Waals surface area contributed by atoms with Crippen LogP contribution >= 0.6 is 0 Å². The second kappa shape index (κ2) is 3.13. The molecule has 0 saturated heterocycles. The van der Waals surface area contributed by atoms with Crippen molar-refractivity contribution in [2.24, 2.45) is 0 Å². The Morgan fingerprint density at radius 1 is 1.23 bits per heavy atom. The standard InChI is InChI=1S/C11H14N2/c1-9-4-5-10(8-11(9)12)13-6-2-3-7-13/h2-5,8H,6-7,12H2,1H3. The van der Waals surface area contributed by atoms with Crippen molar-refractivity contribution >= 4 is 11.4 Å². The molecule has 0 radical (unpaired) electrons. The first-order valence-electron chi connectivity index (χ1n) is 4.53. The summed E-state index contributed by atoms with van der Waals surface area (Å²) in [6.07, 6.45) is 4.35. The van der Waals surface area contributed by atoms with Crippen LogP contribution in [0.15, 0.2) is 30.4 Å². The molecule has 0 bridgehead atoms. The van der Waals surface area contributed by atoms with Gasteiger partial charge in [-0.05, 0) is 24.6 Å². The van der Waals surface area contributed by atoms with Gasteiger partial charge in [-0.3, -0.25) is 0 Å². The average Bonchev–Trinajstić information content (AvgIpc) is 2.62. The van der Waals surface area contributed by atoms with Gasteiger partial charge in [-0.15, -0.1) is 0 Å². The van der Waals surface area contributed by atoms with Crippen molar-refractivity contribution in [3.63, 3.8) is 0 Å². The normalized spacial score (nSPS) is 15.3. The molecule has 0 amide bonds. The Kier molecular flexibility index (Phi) is 1.97. The lowest BCUT2D eigenvalue weighted by Gasteiger charge is -2.18. The van der Waals surface area contributed by atoms with Crippen LogP contribution in [0.1, 0.15) is 5.56 Å². The molecule has 13 heavy (non-hydrogen) atoms. The predicted molar refractivity (Wildman–Crippen MR) is 56.9 cm³/mol. The monoisotopic (exact) mass is 174 g/mol. The van der Waals surface area contributed by atoms with Gasteiger partial charge in [0.05, 0.1) is 0 Å². The van der Waals surface area contributed by atoms with Crippen molar-refractivity contribution in [3.05, 3.63) is 35.9 Å². The van der Waals surface area contributed by atoms with E-state index in [0.29, 0.717) is 0 Å². The minimum Gasteiger partial charge on any atom is -0.398 e. The van der Waals surface area contributed by atoms with Gasteiger partial charge in [0, 0.05) is 24.5 Å². The summed E-state index contributed by atoms with van der Waals surface area (Å²) in [5.74, 6) is 0. The Bertz CT molecular complexity index is 334. The second-order valence-corrected chi connectivity index (χ2v) is 3.42. The number of hydrogen-bond donors (Lipinski definition) is 1. The Morgan fingerprint density at radius 2 is 1.92 bits per heavy atom. The summed E-state index contributed by atoms with van der Waals surface area (Å²) in [5, 5.41) is 0. The van der Waals surface area contributed by atoms with E-state index in [4.69, 9.17) is 5.73 Å². The highest BCUT2D eigenvalue weighted by atomic mass is 15.1. The van der Waals surface area contributed by atoms with E-state index >= 15 is 0 Å². The minimum atomic E-state index is 0.879. The number of rotatable bonds is 1. The van der Waals surface area contributed by atoms with Crippen LogP contribution in [0, 0.1) is 6.92 Å². The molecule has 2 heteroatoms. The molecule has 1 aromatic rings. The number of hydrogen-bond acceptors (Lipinski definition) is 2. The molecule has 0 atom stereocenters. The minimum absolute atomic E-state index is 0.879. The van der Waals surface area contributed by atoms with E-state index in [1.807, 2.05) is 13.0 Å². The van der Waals surface area contributed by atoms with E-state index in [2.05, 4.69) is 29.2 Å². The summed E-state index contributed by atoms with van der Waals surface area (Å²) in [5.41, 5.74) is 9.09. The van der Waals surface area contributed by atoms with Crippen molar-refractivity contribution in [1.29, 1.82) is 0 Å². The summed E-state index contributed by atoms with van der Waals surface area (Å²) < 4.78 is 0. The zero-order valence-corrected chi connectivity index (χ0v) is 7.83. The van der Waals surface area contributed by atoms with Gasteiger partial charge in [-0.1, -0.05) is 18.2 Å². The molecule has 0 unspecified atom stereocenters. The molecule has 68 valence electrons. The molecule has 1 aliphatic rings. The van der Waals surface area contributed by atoms with Gasteiger partial charge >= 0.3 is 0 Å². The van der Waals surface area contributed by atoms with Gasteiger partial charge < -0.3 is 10.6 Å². The maximum atomic E-state index is 5.84. The van der Waals surface area contributed by atoms with Crippen molar-refractivity contribution in [2.45, 2.75) is 6.92 Å². The van der Waals surface area contributed by atoms with Gasteiger partial charge in [0.15, 0.2) is 0 Å². The van der Waals surface area contributed by atoms with Gasteiger partial charge in [0.2, 0.25) is 0 Å². The third-order valence-corrected chi connectivity index (χ3v) is 2.45. The van der Waals surface area contributed by atoms with Crippen LogP contribution in [0.5, 0.6) is 0 Å². The van der Waals surface area contributed by atoms with Crippen LogP contribution in [0.3, 0.4) is 0 Å². The van der Waals surface area contributed by atoms with Crippen molar-refractivity contribution in [2.75, 3.05) is 23.7 Å². The van der Waals surface area contributed by atoms with Gasteiger partial charge in [-0.25, -0.2) is 0 Å². The fourth-order valence-electron chi connectivity index (χ4n) is 1.51. The number of nitrogens with zero attached hydrogens (tertiary/aromatic N) is 1. The van der Waals surface area contributed by atoms with Crippen molar-refractivity contribution < 1.29 is 0 Å². The predicted octanol–water partition coefficient (Wildman–Crippen LogP) is 1.95. The molecule has 2 N–H and O–H groups in total. The third kappa shape index (κ3) is 1.52. The molecule has 0 spiro atoms. The molecule has 1 aromatic carbocycles. The van der Waals surface area contributed by atoms with Crippen LogP contribution in [0.2, 0.25) is 0 Å². The fraction of sp³-hybridized carbons (Fsp3) is 0.273. The maximum absolute atomic E-state index is 5.84. The number of nitrogens with two attached hydrogens (primary N) is 1. The summed E-state index contributed by atoms with van der Waals surface area (Å²) in [6, 6.07) is 6.24. The molecule has 0 aromatic heterocycles. The van der Waals surface area contributed by atoms with Crippen LogP contribution in [-0.2, 0) is 0 Å². The van der Waals surface area contributed by atoms with Gasteiger partial charge in [-0.2, -0.15) is 0 Å². The number of anilines is 2. The van der Waals surface area contributed by atoms with E-state index in [-0.39, 0.29) is 0 Å². The van der Waals surface area contributed by atoms with Gasteiger partial charge in [0.1, 0.15) is 0 Å². The molecule has 2 nitrogen and oxygen atoms in total. The van der Waals surface area contributed by atoms with Crippen molar-refractivity contribution in [1.82, 2.24) is 0 Å². The first-order chi connectivity index (χ1) is 6.27. The fourth-order valence-corrected chi connectivity index (χ4v) is 1.51. The Morgan fingerprint density at radius 3 is 2.54 bits per heavy atom. The average molecular weight is 174 g/mol. The number of nitrogen functional groups attached to an aromatic ring is 1. The molecular formula is C11H14N2. The van der Waals surface area contributed by atoms with Crippen LogP contribution in [0.25, 0.3) is 0 Å². The van der Waals surface area contributed by atoms with Crippen molar-refractivity contribution in [3.8, 4) is 0 Å². The lowest BCUT2D eigenvalue weighted by molar-refractivity contribution is 1.01. The molecule has 1 aliphatic heterocycles. The first kappa shape index (κ1) is 8.17. The maximum Gasteiger partial charge on any atom is 0.0392 e. The second-order valence-electron chi connectivity index (χ2n) is 3.42. The Balaban J connectivity index is 2.26. The SMILES string of the molecule is Cc1ccc(N2CC=CC2)cc1N. The molecule has 1 heterocycles. The summed E-state index contributed by atoms with van der Waals surface area (Å²) in [6.45, 7) is 4.03. The highest BCUT2D eigenvalue weighted by Crippen LogP contribution is 2.22. The summed E-state index contributed by atoms with van der Waals surface area (Å²) in [4.78, 5) is 2.29. The lowest BCUT2D eigenvalue weighted by Crippen LogP contribution is -2.18. The summed E-state index contributed by atoms with van der Waals surface area (Å²) >= 11 is 0.